The molecular formula is C24H30N2O2. The van der Waals surface area contributed by atoms with Crippen LogP contribution in [0.15, 0.2) is 54.6 Å². The molecule has 0 aromatic heterocycles. The van der Waals surface area contributed by atoms with E-state index in [1.165, 1.54) is 5.56 Å². The van der Waals surface area contributed by atoms with Crippen molar-refractivity contribution < 1.29 is 9.59 Å². The van der Waals surface area contributed by atoms with E-state index in [0.717, 1.165) is 43.6 Å². The van der Waals surface area contributed by atoms with E-state index in [-0.39, 0.29) is 11.8 Å². The van der Waals surface area contributed by atoms with E-state index in [1.807, 2.05) is 42.2 Å². The second-order valence-corrected chi connectivity index (χ2v) is 8.37. The Kier molecular flexibility index (Phi) is 6.18. The molecule has 1 aliphatic heterocycles. The highest BCUT2D eigenvalue weighted by atomic mass is 16.2. The minimum atomic E-state index is -1.09. The van der Waals surface area contributed by atoms with Gasteiger partial charge in [-0.1, -0.05) is 42.5 Å². The van der Waals surface area contributed by atoms with E-state index in [4.69, 9.17) is 0 Å². The zero-order valence-electron chi connectivity index (χ0n) is 17.1. The minimum absolute atomic E-state index is 0.0872. The Bertz CT molecular complexity index is 822. The minimum Gasteiger partial charge on any atom is -0.342 e. The van der Waals surface area contributed by atoms with Gasteiger partial charge in [0.25, 0.3) is 0 Å². The van der Waals surface area contributed by atoms with Gasteiger partial charge in [-0.2, -0.15) is 0 Å². The Morgan fingerprint density at radius 3 is 2.36 bits per heavy atom. The van der Waals surface area contributed by atoms with Gasteiger partial charge in [0.05, 0.1) is 0 Å². The lowest BCUT2D eigenvalue weighted by molar-refractivity contribution is -0.147. The second kappa shape index (κ2) is 8.59. The van der Waals surface area contributed by atoms with Gasteiger partial charge >= 0.3 is 0 Å². The molecule has 4 heteroatoms. The van der Waals surface area contributed by atoms with Crippen molar-refractivity contribution >= 4 is 17.5 Å². The maximum atomic E-state index is 13.0. The van der Waals surface area contributed by atoms with E-state index in [1.54, 1.807) is 13.8 Å². The van der Waals surface area contributed by atoms with Gasteiger partial charge in [-0.15, -0.1) is 0 Å². The summed E-state index contributed by atoms with van der Waals surface area (Å²) in [6.45, 7) is 6.85. The Labute approximate surface area is 167 Å². The molecule has 0 saturated carbocycles. The topological polar surface area (TPSA) is 49.4 Å². The highest BCUT2D eigenvalue weighted by Gasteiger charge is 2.40. The molecule has 1 N–H and O–H groups in total. The lowest BCUT2D eigenvalue weighted by Crippen LogP contribution is -2.50. The van der Waals surface area contributed by atoms with Crippen LogP contribution in [0.4, 0.5) is 5.69 Å². The Hall–Kier alpha value is -2.62. The summed E-state index contributed by atoms with van der Waals surface area (Å²) in [6.07, 6.45) is 3.02. The Morgan fingerprint density at radius 2 is 1.71 bits per heavy atom. The number of nitrogens with zero attached hydrogens (tertiary/aromatic N) is 1. The third kappa shape index (κ3) is 4.80. The van der Waals surface area contributed by atoms with Gasteiger partial charge in [0.15, 0.2) is 0 Å². The van der Waals surface area contributed by atoms with Crippen LogP contribution in [0.5, 0.6) is 0 Å². The first-order chi connectivity index (χ1) is 13.4. The zero-order valence-corrected chi connectivity index (χ0v) is 17.1. The van der Waals surface area contributed by atoms with Crippen molar-refractivity contribution in [2.24, 2.45) is 11.3 Å². The van der Waals surface area contributed by atoms with E-state index in [2.05, 4.69) is 29.6 Å². The summed E-state index contributed by atoms with van der Waals surface area (Å²) < 4.78 is 0. The number of carbonyl (C=O) groups is 2. The fourth-order valence-electron chi connectivity index (χ4n) is 3.79. The fraction of sp³-hybridized carbons (Fsp3) is 0.417. The highest BCUT2D eigenvalue weighted by molar-refractivity contribution is 6.09. The van der Waals surface area contributed by atoms with Gasteiger partial charge in [-0.25, -0.2) is 0 Å². The summed E-state index contributed by atoms with van der Waals surface area (Å²) in [5.41, 5.74) is 2.07. The van der Waals surface area contributed by atoms with Crippen LogP contribution in [0, 0.1) is 18.3 Å². The average molecular weight is 379 g/mol. The van der Waals surface area contributed by atoms with Crippen LogP contribution in [0.25, 0.3) is 0 Å². The third-order valence-corrected chi connectivity index (χ3v) is 5.65. The molecule has 4 nitrogen and oxygen atoms in total. The summed E-state index contributed by atoms with van der Waals surface area (Å²) in [4.78, 5) is 27.7. The van der Waals surface area contributed by atoms with Crippen LogP contribution < -0.4 is 5.32 Å². The third-order valence-electron chi connectivity index (χ3n) is 5.65. The molecule has 2 aromatic rings. The number of hydrogen-bond donors (Lipinski definition) is 1. The standard InChI is InChI=1S/C24H30N2O2/c1-18-8-7-11-21(16-18)25-22(27)24(2,3)23(28)26-14-12-20(13-15-26)17-19-9-5-4-6-10-19/h4-11,16,20H,12-15,17H2,1-3H3,(H,25,27). The van der Waals surface area contributed by atoms with Crippen molar-refractivity contribution in [2.45, 2.75) is 40.0 Å². The van der Waals surface area contributed by atoms with E-state index in [0.29, 0.717) is 5.92 Å². The van der Waals surface area contributed by atoms with Crippen molar-refractivity contribution in [1.82, 2.24) is 4.90 Å². The smallest absolute Gasteiger partial charge is 0.239 e. The highest BCUT2D eigenvalue weighted by Crippen LogP contribution is 2.27. The first kappa shape index (κ1) is 20.1. The SMILES string of the molecule is Cc1cccc(NC(=O)C(C)(C)C(=O)N2CCC(Cc3ccccc3)CC2)c1. The predicted octanol–water partition coefficient (Wildman–Crippen LogP) is 4.44. The van der Waals surface area contributed by atoms with Gasteiger partial charge in [-0.05, 0) is 69.2 Å². The quantitative estimate of drug-likeness (QED) is 0.782. The molecule has 148 valence electrons. The average Bonchev–Trinajstić information content (AvgIpc) is 2.69. The molecule has 0 spiro atoms. The van der Waals surface area contributed by atoms with Crippen LogP contribution in [0.2, 0.25) is 0 Å². The molecular weight excluding hydrogens is 348 g/mol. The first-order valence-corrected chi connectivity index (χ1v) is 10.1. The van der Waals surface area contributed by atoms with Crippen LogP contribution in [0.1, 0.15) is 37.8 Å². The number of benzene rings is 2. The Morgan fingerprint density at radius 1 is 1.04 bits per heavy atom. The number of amides is 2. The monoisotopic (exact) mass is 378 g/mol. The van der Waals surface area contributed by atoms with Crippen LogP contribution in [0.3, 0.4) is 0 Å². The molecule has 0 atom stereocenters. The predicted molar refractivity (Wildman–Crippen MR) is 113 cm³/mol. The molecule has 0 bridgehead atoms. The maximum Gasteiger partial charge on any atom is 0.239 e. The molecule has 2 amide bonds. The zero-order chi connectivity index (χ0) is 20.1. The van der Waals surface area contributed by atoms with Crippen LogP contribution in [-0.2, 0) is 16.0 Å². The first-order valence-electron chi connectivity index (χ1n) is 10.1. The molecule has 1 saturated heterocycles. The number of aryl methyl sites for hydroxylation is 1. The van der Waals surface area contributed by atoms with E-state index < -0.39 is 5.41 Å². The summed E-state index contributed by atoms with van der Waals surface area (Å²) in [6, 6.07) is 18.1. The number of hydrogen-bond acceptors (Lipinski definition) is 2. The number of nitrogens with one attached hydrogen (secondary N) is 1. The molecule has 28 heavy (non-hydrogen) atoms. The summed E-state index contributed by atoms with van der Waals surface area (Å²) >= 11 is 0. The molecule has 0 radical (unpaired) electrons. The lowest BCUT2D eigenvalue weighted by Gasteiger charge is -2.36. The summed E-state index contributed by atoms with van der Waals surface area (Å²) in [7, 11) is 0. The van der Waals surface area contributed by atoms with Gasteiger partial charge in [0.2, 0.25) is 11.8 Å². The van der Waals surface area contributed by atoms with Crippen molar-refractivity contribution in [1.29, 1.82) is 0 Å². The molecule has 0 aliphatic carbocycles. The number of piperidine rings is 1. The largest absolute Gasteiger partial charge is 0.342 e. The van der Waals surface area contributed by atoms with Gasteiger partial charge in [0, 0.05) is 18.8 Å². The normalized spacial score (nSPS) is 15.3. The lowest BCUT2D eigenvalue weighted by atomic mass is 9.86. The van der Waals surface area contributed by atoms with Crippen molar-refractivity contribution in [2.75, 3.05) is 18.4 Å². The summed E-state index contributed by atoms with van der Waals surface area (Å²) in [5, 5.41) is 2.90. The Balaban J connectivity index is 1.56. The molecule has 1 fully saturated rings. The van der Waals surface area contributed by atoms with Crippen LogP contribution >= 0.6 is 0 Å². The van der Waals surface area contributed by atoms with Crippen molar-refractivity contribution in [3.05, 3.63) is 65.7 Å². The fourth-order valence-corrected chi connectivity index (χ4v) is 3.79. The number of likely N-dealkylation sites (tertiary alicyclic amines) is 1. The number of carbonyl (C=O) groups excluding carboxylic acids is 2. The maximum absolute atomic E-state index is 13.0. The van der Waals surface area contributed by atoms with Gasteiger partial charge in [0.1, 0.15) is 5.41 Å². The number of rotatable bonds is 5. The molecule has 1 heterocycles. The van der Waals surface area contributed by atoms with E-state index in [9.17, 15) is 9.59 Å². The van der Waals surface area contributed by atoms with Gasteiger partial charge in [-0.3, -0.25) is 9.59 Å². The van der Waals surface area contributed by atoms with E-state index >= 15 is 0 Å². The number of anilines is 1. The molecule has 1 aliphatic rings. The molecule has 2 aromatic carbocycles. The molecule has 0 unspecified atom stereocenters. The van der Waals surface area contributed by atoms with Crippen molar-refractivity contribution in [3.8, 4) is 0 Å². The second-order valence-electron chi connectivity index (χ2n) is 8.37. The summed E-state index contributed by atoms with van der Waals surface area (Å²) in [5.74, 6) is 0.251. The molecule has 3 rings (SSSR count). The van der Waals surface area contributed by atoms with Gasteiger partial charge < -0.3 is 10.2 Å². The van der Waals surface area contributed by atoms with Crippen molar-refractivity contribution in [3.63, 3.8) is 0 Å². The van der Waals surface area contributed by atoms with Crippen LogP contribution in [-0.4, -0.2) is 29.8 Å².